The van der Waals surface area contributed by atoms with Crippen LogP contribution in [0.4, 0.5) is 5.82 Å². The summed E-state index contributed by atoms with van der Waals surface area (Å²) in [6.45, 7) is 2.58. The van der Waals surface area contributed by atoms with Crippen LogP contribution >= 0.6 is 0 Å². The van der Waals surface area contributed by atoms with Crippen LogP contribution < -0.4 is 21.3 Å². The van der Waals surface area contributed by atoms with Gasteiger partial charge in [-0.3, -0.25) is 4.79 Å². The number of H-pyrrole nitrogens is 1. The van der Waals surface area contributed by atoms with Crippen molar-refractivity contribution in [3.63, 3.8) is 0 Å². The van der Waals surface area contributed by atoms with Crippen LogP contribution in [0.3, 0.4) is 0 Å². The van der Waals surface area contributed by atoms with Gasteiger partial charge in [0, 0.05) is 12.6 Å². The fourth-order valence-electron chi connectivity index (χ4n) is 1.12. The Bertz CT molecular complexity index is 361. The molecule has 0 radical (unpaired) electrons. The third kappa shape index (κ3) is 3.25. The van der Waals surface area contributed by atoms with Gasteiger partial charge in [-0.2, -0.15) is 0 Å². The van der Waals surface area contributed by atoms with Crippen LogP contribution in [0.1, 0.15) is 13.3 Å². The Balaban J connectivity index is 2.68. The second-order valence-electron chi connectivity index (χ2n) is 3.31. The maximum absolute atomic E-state index is 11.3. The van der Waals surface area contributed by atoms with Crippen molar-refractivity contribution in [3.8, 4) is 5.75 Å². The number of nitrogens with two attached hydrogens (primary N) is 1. The predicted molar refractivity (Wildman–Crippen MR) is 58.2 cm³/mol. The van der Waals surface area contributed by atoms with E-state index < -0.39 is 0 Å². The van der Waals surface area contributed by atoms with E-state index in [9.17, 15) is 4.79 Å². The molecule has 1 rings (SSSR count). The first-order chi connectivity index (χ1) is 7.15. The minimum absolute atomic E-state index is 0.116. The maximum atomic E-state index is 11.3. The molecule has 0 spiro atoms. The summed E-state index contributed by atoms with van der Waals surface area (Å²) in [5, 5.41) is 3.00. The first kappa shape index (κ1) is 11.5. The summed E-state index contributed by atoms with van der Waals surface area (Å²) < 4.78 is 4.93. The predicted octanol–water partition coefficient (Wildman–Crippen LogP) is -0.0723. The molecule has 1 aromatic rings. The number of methoxy groups -OCH3 is 1. The minimum atomic E-state index is -0.296. The minimum Gasteiger partial charge on any atom is -0.489 e. The molecule has 0 saturated carbocycles. The average molecular weight is 212 g/mol. The second-order valence-corrected chi connectivity index (χ2v) is 3.31. The Morgan fingerprint density at radius 2 is 2.47 bits per heavy atom. The van der Waals surface area contributed by atoms with Crippen LogP contribution in [0.25, 0.3) is 0 Å². The van der Waals surface area contributed by atoms with Crippen molar-refractivity contribution < 1.29 is 4.74 Å². The SMILES string of the molecule is COc1c(NCCC(C)N)nc[nH]c1=O. The molecule has 1 heterocycles. The summed E-state index contributed by atoms with van der Waals surface area (Å²) in [5.41, 5.74) is 5.30. The molecule has 0 fully saturated rings. The van der Waals surface area contributed by atoms with E-state index in [2.05, 4.69) is 15.3 Å². The molecule has 0 aliphatic rings. The quantitative estimate of drug-likeness (QED) is 0.635. The van der Waals surface area contributed by atoms with Gasteiger partial charge in [0.05, 0.1) is 13.4 Å². The van der Waals surface area contributed by atoms with Crippen molar-refractivity contribution in [2.24, 2.45) is 5.73 Å². The Morgan fingerprint density at radius 3 is 3.07 bits per heavy atom. The van der Waals surface area contributed by atoms with Crippen molar-refractivity contribution in [1.29, 1.82) is 0 Å². The molecule has 0 saturated heterocycles. The number of rotatable bonds is 5. The molecule has 6 nitrogen and oxygen atoms in total. The lowest BCUT2D eigenvalue weighted by molar-refractivity contribution is 0.408. The smallest absolute Gasteiger partial charge is 0.295 e. The molecule has 0 aromatic carbocycles. The van der Waals surface area contributed by atoms with Gasteiger partial charge in [-0.15, -0.1) is 0 Å². The highest BCUT2D eigenvalue weighted by Crippen LogP contribution is 2.13. The van der Waals surface area contributed by atoms with Gasteiger partial charge >= 0.3 is 0 Å². The lowest BCUT2D eigenvalue weighted by atomic mass is 10.2. The number of nitrogens with one attached hydrogen (secondary N) is 2. The van der Waals surface area contributed by atoms with E-state index in [-0.39, 0.29) is 17.4 Å². The summed E-state index contributed by atoms with van der Waals surface area (Å²) in [5.74, 6) is 0.643. The van der Waals surface area contributed by atoms with Gasteiger partial charge in [0.1, 0.15) is 0 Å². The highest BCUT2D eigenvalue weighted by atomic mass is 16.5. The Hall–Kier alpha value is -1.56. The van der Waals surface area contributed by atoms with E-state index in [4.69, 9.17) is 10.5 Å². The Labute approximate surface area is 87.9 Å². The van der Waals surface area contributed by atoms with E-state index in [1.54, 1.807) is 0 Å². The molecule has 0 aliphatic heterocycles. The zero-order chi connectivity index (χ0) is 11.3. The fourth-order valence-corrected chi connectivity index (χ4v) is 1.12. The standard InChI is InChI=1S/C9H16N4O2/c1-6(10)3-4-11-8-7(15-2)9(14)13-5-12-8/h5-6H,3-4,10H2,1-2H3,(H2,11,12,13,14). The van der Waals surface area contributed by atoms with Crippen LogP contribution in [-0.2, 0) is 0 Å². The van der Waals surface area contributed by atoms with Crippen LogP contribution in [0.15, 0.2) is 11.1 Å². The molecule has 84 valence electrons. The van der Waals surface area contributed by atoms with E-state index >= 15 is 0 Å². The summed E-state index contributed by atoms with van der Waals surface area (Å²) in [7, 11) is 1.43. The van der Waals surface area contributed by atoms with Gasteiger partial charge in [0.2, 0.25) is 5.75 Å². The molecule has 0 amide bonds. The number of hydrogen-bond acceptors (Lipinski definition) is 5. The number of hydrogen-bond donors (Lipinski definition) is 3. The molecule has 1 aromatic heterocycles. The summed E-state index contributed by atoms with van der Waals surface area (Å²) >= 11 is 0. The topological polar surface area (TPSA) is 93.0 Å². The van der Waals surface area contributed by atoms with Gasteiger partial charge in [0.25, 0.3) is 5.56 Å². The second kappa shape index (κ2) is 5.35. The monoisotopic (exact) mass is 212 g/mol. The van der Waals surface area contributed by atoms with Crippen LogP contribution in [0, 0.1) is 0 Å². The lowest BCUT2D eigenvalue weighted by Crippen LogP contribution is -2.20. The average Bonchev–Trinajstić information content (AvgIpc) is 2.17. The van der Waals surface area contributed by atoms with Crippen molar-refractivity contribution in [1.82, 2.24) is 9.97 Å². The van der Waals surface area contributed by atoms with Gasteiger partial charge < -0.3 is 20.8 Å². The van der Waals surface area contributed by atoms with Gasteiger partial charge in [0.15, 0.2) is 5.82 Å². The molecular weight excluding hydrogens is 196 g/mol. The van der Waals surface area contributed by atoms with Gasteiger partial charge in [-0.25, -0.2) is 4.98 Å². The Kier molecular flexibility index (Phi) is 4.11. The van der Waals surface area contributed by atoms with E-state index in [1.165, 1.54) is 13.4 Å². The van der Waals surface area contributed by atoms with Crippen molar-refractivity contribution in [3.05, 3.63) is 16.7 Å². The fraction of sp³-hybridized carbons (Fsp3) is 0.556. The number of ether oxygens (including phenoxy) is 1. The van der Waals surface area contributed by atoms with E-state index in [0.717, 1.165) is 6.42 Å². The molecule has 1 unspecified atom stereocenters. The van der Waals surface area contributed by atoms with Crippen molar-refractivity contribution >= 4 is 5.82 Å². The maximum Gasteiger partial charge on any atom is 0.295 e. The van der Waals surface area contributed by atoms with Crippen molar-refractivity contribution in [2.75, 3.05) is 19.0 Å². The number of anilines is 1. The van der Waals surface area contributed by atoms with E-state index in [1.807, 2.05) is 6.92 Å². The number of nitrogens with zero attached hydrogens (tertiary/aromatic N) is 1. The van der Waals surface area contributed by atoms with E-state index in [0.29, 0.717) is 12.4 Å². The van der Waals surface area contributed by atoms with Crippen molar-refractivity contribution in [2.45, 2.75) is 19.4 Å². The van der Waals surface area contributed by atoms with Crippen LogP contribution in [-0.4, -0.2) is 29.7 Å². The summed E-state index contributed by atoms with van der Waals surface area (Å²) in [4.78, 5) is 17.7. The molecule has 15 heavy (non-hydrogen) atoms. The molecule has 1 atom stereocenters. The highest BCUT2D eigenvalue weighted by Gasteiger charge is 2.07. The van der Waals surface area contributed by atoms with Crippen LogP contribution in [0.2, 0.25) is 0 Å². The first-order valence-electron chi connectivity index (χ1n) is 4.76. The lowest BCUT2D eigenvalue weighted by Gasteiger charge is -2.09. The summed E-state index contributed by atoms with van der Waals surface area (Å²) in [6, 6.07) is 0.116. The number of aromatic nitrogens is 2. The van der Waals surface area contributed by atoms with Crippen LogP contribution in [0.5, 0.6) is 5.75 Å². The van der Waals surface area contributed by atoms with Gasteiger partial charge in [-0.1, -0.05) is 0 Å². The molecule has 0 aliphatic carbocycles. The molecule has 0 bridgehead atoms. The Morgan fingerprint density at radius 1 is 1.73 bits per heavy atom. The van der Waals surface area contributed by atoms with Gasteiger partial charge in [-0.05, 0) is 13.3 Å². The zero-order valence-corrected chi connectivity index (χ0v) is 8.91. The number of aromatic amines is 1. The molecule has 6 heteroatoms. The third-order valence-corrected chi connectivity index (χ3v) is 1.91. The zero-order valence-electron chi connectivity index (χ0n) is 8.91. The third-order valence-electron chi connectivity index (χ3n) is 1.91. The first-order valence-corrected chi connectivity index (χ1v) is 4.76. The molecule has 4 N–H and O–H groups in total. The normalized spacial score (nSPS) is 12.2. The highest BCUT2D eigenvalue weighted by molar-refractivity contribution is 5.47. The largest absolute Gasteiger partial charge is 0.489 e. The summed E-state index contributed by atoms with van der Waals surface area (Å²) in [6.07, 6.45) is 2.14. The molecular formula is C9H16N4O2.